The van der Waals surface area contributed by atoms with Gasteiger partial charge in [0.1, 0.15) is 41.2 Å². The van der Waals surface area contributed by atoms with Crippen LogP contribution in [0.15, 0.2) is 78.2 Å². The Morgan fingerprint density at radius 1 is 1.06 bits per heavy atom. The predicted molar refractivity (Wildman–Crippen MR) is 131 cm³/mol. The molecule has 0 fully saturated rings. The first-order valence-electron chi connectivity index (χ1n) is 11.3. The Labute approximate surface area is 205 Å². The lowest BCUT2D eigenvalue weighted by Crippen LogP contribution is -2.05. The first-order chi connectivity index (χ1) is 17.6. The summed E-state index contributed by atoms with van der Waals surface area (Å²) in [6.45, 7) is 1.92. The molecule has 0 saturated carbocycles. The molecule has 0 aliphatic rings. The van der Waals surface area contributed by atoms with Crippen LogP contribution in [0.4, 0.5) is 0 Å². The van der Waals surface area contributed by atoms with E-state index in [1.54, 1.807) is 24.8 Å². The van der Waals surface area contributed by atoms with Crippen LogP contribution in [0.25, 0.3) is 39.6 Å². The summed E-state index contributed by atoms with van der Waals surface area (Å²) in [4.78, 5) is 37.6. The fourth-order valence-corrected chi connectivity index (χ4v) is 4.00. The van der Waals surface area contributed by atoms with Gasteiger partial charge in [-0.1, -0.05) is 29.4 Å². The van der Waals surface area contributed by atoms with E-state index in [0.29, 0.717) is 35.2 Å². The van der Waals surface area contributed by atoms with Crippen LogP contribution in [0.1, 0.15) is 17.0 Å². The zero-order valence-corrected chi connectivity index (χ0v) is 19.3. The predicted octanol–water partition coefficient (Wildman–Crippen LogP) is 3.92. The van der Waals surface area contributed by atoms with Gasteiger partial charge in [-0.15, -0.1) is 0 Å². The summed E-state index contributed by atoms with van der Waals surface area (Å²) in [5.74, 6) is 1.92. The molecule has 0 unspecified atom stereocenters. The third kappa shape index (κ3) is 4.27. The van der Waals surface area contributed by atoms with Gasteiger partial charge >= 0.3 is 0 Å². The third-order valence-electron chi connectivity index (χ3n) is 5.74. The molecule has 0 bridgehead atoms. The molecular formula is C26H20N8O2. The minimum Gasteiger partial charge on any atom is -0.360 e. The number of nitrogens with one attached hydrogen (secondary N) is 1. The van der Waals surface area contributed by atoms with Gasteiger partial charge in [0.25, 0.3) is 0 Å². The van der Waals surface area contributed by atoms with Crippen molar-refractivity contribution in [3.63, 3.8) is 0 Å². The van der Waals surface area contributed by atoms with Crippen LogP contribution in [-0.4, -0.2) is 45.4 Å². The second-order valence-corrected chi connectivity index (χ2v) is 8.41. The number of carbonyl (C=O) groups excluding carboxylic acids is 1. The molecule has 10 nitrogen and oxygen atoms in total. The average Bonchev–Trinajstić information content (AvgIpc) is 3.64. The molecule has 0 aliphatic carbocycles. The monoisotopic (exact) mass is 476 g/mol. The van der Waals surface area contributed by atoms with Gasteiger partial charge in [0.05, 0.1) is 12.1 Å². The lowest BCUT2D eigenvalue weighted by atomic mass is 10.0. The summed E-state index contributed by atoms with van der Waals surface area (Å²) >= 11 is 0. The van der Waals surface area contributed by atoms with Gasteiger partial charge in [0.15, 0.2) is 11.5 Å². The molecule has 5 aromatic heterocycles. The zero-order chi connectivity index (χ0) is 24.5. The minimum atomic E-state index is 0.0379. The molecular weight excluding hydrogens is 456 g/mol. The van der Waals surface area contributed by atoms with E-state index in [-0.39, 0.29) is 12.2 Å². The Bertz CT molecular complexity index is 1670. The van der Waals surface area contributed by atoms with Crippen LogP contribution in [0.2, 0.25) is 0 Å². The highest BCUT2D eigenvalue weighted by Crippen LogP contribution is 2.23. The molecule has 0 atom stereocenters. The fraction of sp³-hybridized carbons (Fsp3) is 0.115. The number of rotatable bonds is 7. The molecule has 0 amide bonds. The maximum atomic E-state index is 12.6. The second kappa shape index (κ2) is 8.99. The number of carbonyl (C=O) groups is 1. The molecule has 1 N–H and O–H groups in total. The normalized spacial score (nSPS) is 11.2. The number of aryl methyl sites for hydroxylation is 1. The molecule has 1 aromatic carbocycles. The van der Waals surface area contributed by atoms with E-state index in [1.165, 1.54) is 6.33 Å². The average molecular weight is 477 g/mol. The number of hydrogen-bond donors (Lipinski definition) is 1. The van der Waals surface area contributed by atoms with Gasteiger partial charge in [0.2, 0.25) is 0 Å². The zero-order valence-electron chi connectivity index (χ0n) is 19.3. The number of pyridine rings is 1. The van der Waals surface area contributed by atoms with E-state index >= 15 is 0 Å². The molecule has 10 heteroatoms. The smallest absolute Gasteiger partial charge is 0.183 e. The standard InChI is InChI=1S/C26H20N8O2/c1-16-13-34(15-30-16)26-23-25(28-14-29-26)32-24(31-23)18-6-4-17(5-7-18)9-20(35)10-21-11-22(33-36-21)19-3-2-8-27-12-19/h2-8,11-15H,9-10H2,1H3,(H,28,29,31,32). The van der Waals surface area contributed by atoms with Gasteiger partial charge in [-0.3, -0.25) is 14.3 Å². The summed E-state index contributed by atoms with van der Waals surface area (Å²) in [5.41, 5.74) is 5.48. The molecule has 5 heterocycles. The van der Waals surface area contributed by atoms with Gasteiger partial charge < -0.3 is 9.51 Å². The van der Waals surface area contributed by atoms with Crippen LogP contribution < -0.4 is 0 Å². The van der Waals surface area contributed by atoms with Crippen molar-refractivity contribution in [1.29, 1.82) is 0 Å². The van der Waals surface area contributed by atoms with Gasteiger partial charge in [-0.05, 0) is 24.6 Å². The number of nitrogens with zero attached hydrogens (tertiary/aromatic N) is 7. The molecule has 6 aromatic rings. The number of H-pyrrole nitrogens is 1. The first kappa shape index (κ1) is 21.5. The first-order valence-corrected chi connectivity index (χ1v) is 11.3. The summed E-state index contributed by atoms with van der Waals surface area (Å²) < 4.78 is 7.19. The lowest BCUT2D eigenvalue weighted by Gasteiger charge is -2.02. The van der Waals surface area contributed by atoms with Gasteiger partial charge in [0, 0.05) is 42.2 Å². The van der Waals surface area contributed by atoms with Gasteiger partial charge in [-0.2, -0.15) is 0 Å². The third-order valence-corrected chi connectivity index (χ3v) is 5.74. The van der Waals surface area contributed by atoms with Crippen LogP contribution in [-0.2, 0) is 17.6 Å². The van der Waals surface area contributed by atoms with Crippen LogP contribution in [0, 0.1) is 6.92 Å². The van der Waals surface area contributed by atoms with Crippen molar-refractivity contribution in [2.45, 2.75) is 19.8 Å². The summed E-state index contributed by atoms with van der Waals surface area (Å²) in [6.07, 6.45) is 8.96. The number of benzene rings is 1. The van der Waals surface area contributed by atoms with E-state index in [2.05, 4.69) is 35.1 Å². The van der Waals surface area contributed by atoms with Crippen molar-refractivity contribution in [2.75, 3.05) is 0 Å². The van der Waals surface area contributed by atoms with Crippen molar-refractivity contribution in [2.24, 2.45) is 0 Å². The number of aromatic nitrogens is 8. The topological polar surface area (TPSA) is 128 Å². The molecule has 176 valence electrons. The van der Waals surface area contributed by atoms with Crippen molar-refractivity contribution in [3.8, 4) is 28.5 Å². The molecule has 36 heavy (non-hydrogen) atoms. The summed E-state index contributed by atoms with van der Waals surface area (Å²) in [5, 5.41) is 4.04. The van der Waals surface area contributed by atoms with E-state index in [0.717, 1.165) is 27.9 Å². The van der Waals surface area contributed by atoms with E-state index < -0.39 is 0 Å². The Morgan fingerprint density at radius 3 is 2.72 bits per heavy atom. The van der Waals surface area contributed by atoms with Crippen molar-refractivity contribution >= 4 is 16.9 Å². The molecule has 6 rings (SSSR count). The Balaban J connectivity index is 1.16. The Morgan fingerprint density at radius 2 is 1.94 bits per heavy atom. The number of aromatic amines is 1. The highest BCUT2D eigenvalue weighted by molar-refractivity contribution is 5.84. The second-order valence-electron chi connectivity index (χ2n) is 8.41. The van der Waals surface area contributed by atoms with Crippen LogP contribution in [0.5, 0.6) is 0 Å². The van der Waals surface area contributed by atoms with E-state index in [1.807, 2.05) is 54.1 Å². The number of ketones is 1. The van der Waals surface area contributed by atoms with Crippen LogP contribution >= 0.6 is 0 Å². The molecule has 0 spiro atoms. The maximum absolute atomic E-state index is 12.6. The largest absolute Gasteiger partial charge is 0.360 e. The Hall–Kier alpha value is -4.99. The highest BCUT2D eigenvalue weighted by atomic mass is 16.5. The molecule has 0 radical (unpaired) electrons. The summed E-state index contributed by atoms with van der Waals surface area (Å²) in [7, 11) is 0. The molecule has 0 aliphatic heterocycles. The van der Waals surface area contributed by atoms with Crippen molar-refractivity contribution in [1.82, 2.24) is 39.6 Å². The lowest BCUT2D eigenvalue weighted by molar-refractivity contribution is -0.118. The van der Waals surface area contributed by atoms with Crippen molar-refractivity contribution < 1.29 is 9.32 Å². The number of imidazole rings is 2. The van der Waals surface area contributed by atoms with Crippen LogP contribution in [0.3, 0.4) is 0 Å². The number of fused-ring (bicyclic) bond motifs is 1. The Kier molecular flexibility index (Phi) is 5.38. The molecule has 0 saturated heterocycles. The summed E-state index contributed by atoms with van der Waals surface area (Å²) in [6, 6.07) is 13.2. The minimum absolute atomic E-state index is 0.0379. The number of hydrogen-bond acceptors (Lipinski definition) is 8. The van der Waals surface area contributed by atoms with Crippen molar-refractivity contribution in [3.05, 3.63) is 90.7 Å². The fourth-order valence-electron chi connectivity index (χ4n) is 4.00. The SMILES string of the molecule is Cc1cn(-c2ncnc3nc(-c4ccc(CC(=O)Cc5cc(-c6cccnc6)no5)cc4)[nH]c23)cn1. The van der Waals surface area contributed by atoms with Gasteiger partial charge in [-0.25, -0.2) is 19.9 Å². The highest BCUT2D eigenvalue weighted by Gasteiger charge is 2.14. The number of Topliss-reactive ketones (excluding diaryl/α,β-unsaturated/α-hetero) is 1. The van der Waals surface area contributed by atoms with E-state index in [9.17, 15) is 4.79 Å². The quantitative estimate of drug-likeness (QED) is 0.367. The maximum Gasteiger partial charge on any atom is 0.183 e. The van der Waals surface area contributed by atoms with E-state index in [4.69, 9.17) is 4.52 Å².